The average molecular weight is 307 g/mol. The number of carbonyl (C=O) groups excluding carboxylic acids is 1. The van der Waals surface area contributed by atoms with Crippen molar-refractivity contribution in [2.24, 2.45) is 5.92 Å². The lowest BCUT2D eigenvalue weighted by atomic mass is 10.1. The third-order valence-corrected chi connectivity index (χ3v) is 4.86. The van der Waals surface area contributed by atoms with Gasteiger partial charge in [-0.2, -0.15) is 0 Å². The van der Waals surface area contributed by atoms with Crippen molar-refractivity contribution >= 4 is 27.3 Å². The molecule has 1 aromatic carbocycles. The first kappa shape index (κ1) is 15.8. The third kappa shape index (κ3) is 3.36. The van der Waals surface area contributed by atoms with E-state index in [1.807, 2.05) is 39.0 Å². The zero-order valence-corrected chi connectivity index (χ0v) is 13.6. The molecule has 0 fully saturated rings. The molecule has 0 saturated carbocycles. The van der Waals surface area contributed by atoms with Crippen LogP contribution < -0.4 is 10.1 Å². The Kier molecular flexibility index (Phi) is 4.85. The number of benzene rings is 1. The largest absolute Gasteiger partial charge is 0.497 e. The number of hydrogen-bond donors (Lipinski definition) is 2. The number of carbonyl (C=O) groups is 1. The lowest BCUT2D eigenvalue weighted by molar-refractivity contribution is 0.0875. The van der Waals surface area contributed by atoms with E-state index in [1.165, 1.54) is 11.3 Å². The molecule has 21 heavy (non-hydrogen) atoms. The number of ether oxygens (including phenoxy) is 1. The number of amides is 1. The molecule has 2 N–H and O–H groups in total. The van der Waals surface area contributed by atoms with Gasteiger partial charge >= 0.3 is 0 Å². The van der Waals surface area contributed by atoms with E-state index < -0.39 is 6.10 Å². The molecule has 0 aliphatic heterocycles. The van der Waals surface area contributed by atoms with Crippen molar-refractivity contribution in [3.63, 3.8) is 0 Å². The quantitative estimate of drug-likeness (QED) is 0.893. The summed E-state index contributed by atoms with van der Waals surface area (Å²) in [5.74, 6) is 0.774. The molecule has 0 aliphatic rings. The van der Waals surface area contributed by atoms with Gasteiger partial charge in [0.1, 0.15) is 5.75 Å². The van der Waals surface area contributed by atoms with Crippen molar-refractivity contribution in [2.75, 3.05) is 13.7 Å². The summed E-state index contributed by atoms with van der Waals surface area (Å²) in [6.07, 6.45) is -0.524. The number of aliphatic hydroxyl groups is 1. The van der Waals surface area contributed by atoms with Crippen molar-refractivity contribution in [1.29, 1.82) is 0 Å². The van der Waals surface area contributed by atoms with Crippen molar-refractivity contribution in [1.82, 2.24) is 5.32 Å². The molecular formula is C16H21NO3S. The van der Waals surface area contributed by atoms with Gasteiger partial charge in [0, 0.05) is 11.2 Å². The maximum Gasteiger partial charge on any atom is 0.261 e. The van der Waals surface area contributed by atoms with Crippen LogP contribution >= 0.6 is 11.3 Å². The third-order valence-electron chi connectivity index (χ3n) is 3.59. The van der Waals surface area contributed by atoms with Gasteiger partial charge in [0.15, 0.2) is 0 Å². The zero-order chi connectivity index (χ0) is 15.6. The highest BCUT2D eigenvalue weighted by atomic mass is 32.1. The SMILES string of the molecule is COc1ccc2sc(C(=O)NCC(O)C(C)C)c(C)c2c1. The van der Waals surface area contributed by atoms with Gasteiger partial charge in [0.05, 0.1) is 18.1 Å². The monoisotopic (exact) mass is 307 g/mol. The molecule has 0 bridgehead atoms. The number of aryl methyl sites for hydroxylation is 1. The Hall–Kier alpha value is -1.59. The van der Waals surface area contributed by atoms with E-state index in [0.717, 1.165) is 21.4 Å². The van der Waals surface area contributed by atoms with Crippen LogP contribution in [0.25, 0.3) is 10.1 Å². The molecule has 1 unspecified atom stereocenters. The zero-order valence-electron chi connectivity index (χ0n) is 12.8. The van der Waals surface area contributed by atoms with Crippen molar-refractivity contribution in [3.05, 3.63) is 28.6 Å². The molecule has 0 spiro atoms. The number of hydrogen-bond acceptors (Lipinski definition) is 4. The number of aliphatic hydroxyl groups excluding tert-OH is 1. The second kappa shape index (κ2) is 6.45. The summed E-state index contributed by atoms with van der Waals surface area (Å²) in [6, 6.07) is 5.80. The molecule has 1 amide bonds. The van der Waals surface area contributed by atoms with Crippen LogP contribution in [-0.2, 0) is 0 Å². The predicted octanol–water partition coefficient (Wildman–Crippen LogP) is 2.97. The lowest BCUT2D eigenvalue weighted by Crippen LogP contribution is -2.34. The molecule has 1 aromatic heterocycles. The maximum absolute atomic E-state index is 12.3. The van der Waals surface area contributed by atoms with E-state index in [1.54, 1.807) is 7.11 Å². The van der Waals surface area contributed by atoms with Crippen molar-refractivity contribution in [2.45, 2.75) is 26.9 Å². The second-order valence-corrected chi connectivity index (χ2v) is 6.49. The fourth-order valence-corrected chi connectivity index (χ4v) is 3.16. The Morgan fingerprint density at radius 3 is 2.76 bits per heavy atom. The van der Waals surface area contributed by atoms with Gasteiger partial charge in [-0.1, -0.05) is 13.8 Å². The van der Waals surface area contributed by atoms with Crippen molar-refractivity contribution in [3.8, 4) is 5.75 Å². The van der Waals surface area contributed by atoms with E-state index in [-0.39, 0.29) is 18.4 Å². The summed E-state index contributed by atoms with van der Waals surface area (Å²) in [4.78, 5) is 13.0. The van der Waals surface area contributed by atoms with E-state index in [2.05, 4.69) is 5.32 Å². The van der Waals surface area contributed by atoms with Crippen LogP contribution in [0.2, 0.25) is 0 Å². The first-order valence-electron chi connectivity index (χ1n) is 6.97. The summed E-state index contributed by atoms with van der Waals surface area (Å²) >= 11 is 1.46. The molecule has 0 aliphatic carbocycles. The summed E-state index contributed by atoms with van der Waals surface area (Å²) in [7, 11) is 1.63. The summed E-state index contributed by atoms with van der Waals surface area (Å²) in [5, 5.41) is 13.6. The molecule has 2 rings (SSSR count). The molecule has 0 saturated heterocycles. The molecular weight excluding hydrogens is 286 g/mol. The van der Waals surface area contributed by atoms with E-state index >= 15 is 0 Å². The second-order valence-electron chi connectivity index (χ2n) is 5.44. The van der Waals surface area contributed by atoms with E-state index in [0.29, 0.717) is 4.88 Å². The average Bonchev–Trinajstić information content (AvgIpc) is 2.80. The van der Waals surface area contributed by atoms with Crippen LogP contribution in [0.4, 0.5) is 0 Å². The van der Waals surface area contributed by atoms with Crippen LogP contribution in [0.15, 0.2) is 18.2 Å². The molecule has 0 radical (unpaired) electrons. The molecule has 114 valence electrons. The van der Waals surface area contributed by atoms with E-state index in [4.69, 9.17) is 4.74 Å². The van der Waals surface area contributed by atoms with Gasteiger partial charge in [0.2, 0.25) is 0 Å². The molecule has 4 nitrogen and oxygen atoms in total. The fraction of sp³-hybridized carbons (Fsp3) is 0.438. The highest BCUT2D eigenvalue weighted by Crippen LogP contribution is 2.33. The van der Waals surface area contributed by atoms with Gasteiger partial charge in [-0.05, 0) is 42.0 Å². The molecule has 1 heterocycles. The Morgan fingerprint density at radius 1 is 1.43 bits per heavy atom. The Bertz CT molecular complexity index is 648. The standard InChI is InChI=1S/C16H21NO3S/c1-9(2)13(18)8-17-16(19)15-10(3)12-7-11(20-4)5-6-14(12)21-15/h5-7,9,13,18H,8H2,1-4H3,(H,17,19). The highest BCUT2D eigenvalue weighted by Gasteiger charge is 2.17. The summed E-state index contributed by atoms with van der Waals surface area (Å²) in [6.45, 7) is 6.06. The fourth-order valence-electron chi connectivity index (χ4n) is 2.06. The number of thiophene rings is 1. The molecule has 5 heteroatoms. The van der Waals surface area contributed by atoms with Gasteiger partial charge < -0.3 is 15.2 Å². The van der Waals surface area contributed by atoms with E-state index in [9.17, 15) is 9.90 Å². The predicted molar refractivity (Wildman–Crippen MR) is 86.3 cm³/mol. The minimum atomic E-state index is -0.524. The number of methoxy groups -OCH3 is 1. The first-order chi connectivity index (χ1) is 9.93. The normalized spacial score (nSPS) is 12.7. The van der Waals surface area contributed by atoms with Crippen LogP contribution in [0.1, 0.15) is 29.1 Å². The van der Waals surface area contributed by atoms with Crippen LogP contribution in [-0.4, -0.2) is 30.8 Å². The minimum absolute atomic E-state index is 0.123. The van der Waals surface area contributed by atoms with Crippen LogP contribution in [0, 0.1) is 12.8 Å². The molecule has 2 aromatic rings. The number of rotatable bonds is 5. The lowest BCUT2D eigenvalue weighted by Gasteiger charge is -2.14. The topological polar surface area (TPSA) is 58.6 Å². The number of nitrogens with one attached hydrogen (secondary N) is 1. The Morgan fingerprint density at radius 2 is 2.14 bits per heavy atom. The molecule has 1 atom stereocenters. The summed E-state index contributed by atoms with van der Waals surface area (Å²) < 4.78 is 6.28. The minimum Gasteiger partial charge on any atom is -0.497 e. The van der Waals surface area contributed by atoms with Gasteiger partial charge in [0.25, 0.3) is 5.91 Å². The van der Waals surface area contributed by atoms with Gasteiger partial charge in [-0.25, -0.2) is 0 Å². The van der Waals surface area contributed by atoms with Gasteiger partial charge in [-0.15, -0.1) is 11.3 Å². The first-order valence-corrected chi connectivity index (χ1v) is 7.79. The van der Waals surface area contributed by atoms with Gasteiger partial charge in [-0.3, -0.25) is 4.79 Å². The van der Waals surface area contributed by atoms with Crippen molar-refractivity contribution < 1.29 is 14.6 Å². The number of fused-ring (bicyclic) bond motifs is 1. The Balaban J connectivity index is 2.21. The summed E-state index contributed by atoms with van der Waals surface area (Å²) in [5.41, 5.74) is 0.949. The Labute approximate surface area is 128 Å². The van der Waals surface area contributed by atoms with Crippen LogP contribution in [0.5, 0.6) is 5.75 Å². The maximum atomic E-state index is 12.3. The smallest absolute Gasteiger partial charge is 0.261 e. The highest BCUT2D eigenvalue weighted by molar-refractivity contribution is 7.21. The van der Waals surface area contributed by atoms with Crippen LogP contribution in [0.3, 0.4) is 0 Å².